The summed E-state index contributed by atoms with van der Waals surface area (Å²) in [7, 11) is 2.39. The van der Waals surface area contributed by atoms with Gasteiger partial charge in [-0.2, -0.15) is 0 Å². The molecule has 0 aliphatic rings. The van der Waals surface area contributed by atoms with Crippen molar-refractivity contribution in [3.8, 4) is 0 Å². The van der Waals surface area contributed by atoms with Crippen molar-refractivity contribution in [1.29, 1.82) is 0 Å². The predicted octanol–water partition coefficient (Wildman–Crippen LogP) is 6.00. The van der Waals surface area contributed by atoms with E-state index in [2.05, 4.69) is 57.0 Å². The monoisotopic (exact) mass is 316 g/mol. The summed E-state index contributed by atoms with van der Waals surface area (Å²) in [5, 5.41) is 0. The Labute approximate surface area is 145 Å². The molecule has 0 aliphatic heterocycles. The van der Waals surface area contributed by atoms with Crippen molar-refractivity contribution in [3.63, 3.8) is 0 Å². The first-order valence-electron chi connectivity index (χ1n) is 9.68. The summed E-state index contributed by atoms with van der Waals surface area (Å²) in [5.41, 5.74) is 1.46. The molecule has 0 heterocycles. The summed E-state index contributed by atoms with van der Waals surface area (Å²) in [6.07, 6.45) is 14.5. The fourth-order valence-corrected chi connectivity index (χ4v) is 3.28. The molecule has 0 radical (unpaired) electrons. The second kappa shape index (κ2) is 12.4. The summed E-state index contributed by atoms with van der Waals surface area (Å²) >= 11 is 0. The molecule has 0 fully saturated rings. The second-order valence-corrected chi connectivity index (χ2v) is 7.25. The molecule has 1 rings (SSSR count). The Morgan fingerprint density at radius 3 is 2.09 bits per heavy atom. The number of likely N-dealkylation sites (N-methyl/N-ethyl adjacent to an activating group) is 1. The Balaban J connectivity index is 2.23. The molecule has 0 saturated heterocycles. The molecule has 0 amide bonds. The highest BCUT2D eigenvalue weighted by Crippen LogP contribution is 2.13. The zero-order chi connectivity index (χ0) is 16.8. The van der Waals surface area contributed by atoms with Gasteiger partial charge in [0.05, 0.1) is 26.7 Å². The van der Waals surface area contributed by atoms with Crippen LogP contribution in [0.15, 0.2) is 43.0 Å². The molecule has 130 valence electrons. The number of quaternary nitrogens is 1. The maximum absolute atomic E-state index is 3.97. The molecule has 1 aromatic carbocycles. The van der Waals surface area contributed by atoms with Crippen molar-refractivity contribution in [2.75, 3.05) is 26.7 Å². The molecule has 0 saturated carbocycles. The largest absolute Gasteiger partial charge is 0.323 e. The van der Waals surface area contributed by atoms with Crippen molar-refractivity contribution in [2.45, 2.75) is 64.7 Å². The average Bonchev–Trinajstić information content (AvgIpc) is 2.57. The molecular weight excluding hydrogens is 278 g/mol. The lowest BCUT2D eigenvalue weighted by atomic mass is 10.1. The highest BCUT2D eigenvalue weighted by atomic mass is 15.3. The Morgan fingerprint density at radius 2 is 1.48 bits per heavy atom. The third-order valence-corrected chi connectivity index (χ3v) is 4.90. The smallest absolute Gasteiger partial charge is 0.0969 e. The van der Waals surface area contributed by atoms with Crippen LogP contribution >= 0.6 is 0 Å². The lowest BCUT2D eigenvalue weighted by Gasteiger charge is -2.34. The molecule has 1 atom stereocenters. The van der Waals surface area contributed by atoms with Gasteiger partial charge in [0.2, 0.25) is 0 Å². The van der Waals surface area contributed by atoms with E-state index in [0.717, 1.165) is 11.0 Å². The normalized spacial score (nSPS) is 13.7. The third-order valence-electron chi connectivity index (χ3n) is 4.90. The quantitative estimate of drug-likeness (QED) is 0.224. The van der Waals surface area contributed by atoms with Crippen LogP contribution in [-0.4, -0.2) is 31.2 Å². The molecule has 1 nitrogen and oxygen atoms in total. The Kier molecular flexibility index (Phi) is 10.7. The first kappa shape index (κ1) is 20.0. The van der Waals surface area contributed by atoms with E-state index in [1.165, 1.54) is 76.4 Å². The van der Waals surface area contributed by atoms with Crippen molar-refractivity contribution >= 4 is 0 Å². The SMILES string of the molecule is C=CC[N+](C)(CCCCCCCCCC)CCc1ccccc1. The maximum atomic E-state index is 3.97. The van der Waals surface area contributed by atoms with E-state index < -0.39 is 0 Å². The number of hydrogen-bond donors (Lipinski definition) is 0. The number of rotatable bonds is 14. The van der Waals surface area contributed by atoms with Crippen LogP contribution in [0.5, 0.6) is 0 Å². The van der Waals surface area contributed by atoms with Crippen LogP contribution in [0.2, 0.25) is 0 Å². The van der Waals surface area contributed by atoms with Crippen LogP contribution in [0.4, 0.5) is 0 Å². The Morgan fingerprint density at radius 1 is 0.870 bits per heavy atom. The van der Waals surface area contributed by atoms with E-state index >= 15 is 0 Å². The van der Waals surface area contributed by atoms with Gasteiger partial charge in [-0.3, -0.25) is 0 Å². The van der Waals surface area contributed by atoms with Crippen LogP contribution in [0.25, 0.3) is 0 Å². The van der Waals surface area contributed by atoms with Gasteiger partial charge in [0.1, 0.15) is 0 Å². The van der Waals surface area contributed by atoms with E-state index in [4.69, 9.17) is 0 Å². The van der Waals surface area contributed by atoms with E-state index in [9.17, 15) is 0 Å². The predicted molar refractivity (Wildman–Crippen MR) is 104 cm³/mol. The molecule has 0 spiro atoms. The van der Waals surface area contributed by atoms with Gasteiger partial charge in [0.25, 0.3) is 0 Å². The highest BCUT2D eigenvalue weighted by Gasteiger charge is 2.19. The number of hydrogen-bond acceptors (Lipinski definition) is 0. The lowest BCUT2D eigenvalue weighted by molar-refractivity contribution is -0.904. The van der Waals surface area contributed by atoms with Crippen LogP contribution < -0.4 is 0 Å². The summed E-state index contributed by atoms with van der Waals surface area (Å²) in [6, 6.07) is 10.9. The van der Waals surface area contributed by atoms with Crippen molar-refractivity contribution < 1.29 is 4.48 Å². The molecule has 1 unspecified atom stereocenters. The number of nitrogens with zero attached hydrogens (tertiary/aromatic N) is 1. The topological polar surface area (TPSA) is 0 Å². The van der Waals surface area contributed by atoms with Gasteiger partial charge in [-0.1, -0.05) is 82.4 Å². The summed E-state index contributed by atoms with van der Waals surface area (Å²) in [4.78, 5) is 0. The maximum Gasteiger partial charge on any atom is 0.0969 e. The average molecular weight is 317 g/mol. The van der Waals surface area contributed by atoms with Crippen LogP contribution in [0.1, 0.15) is 63.9 Å². The highest BCUT2D eigenvalue weighted by molar-refractivity contribution is 5.14. The van der Waals surface area contributed by atoms with Crippen LogP contribution in [0.3, 0.4) is 0 Å². The number of unbranched alkanes of at least 4 members (excludes halogenated alkanes) is 7. The van der Waals surface area contributed by atoms with E-state index in [0.29, 0.717) is 0 Å². The molecule has 1 heteroatoms. The Hall–Kier alpha value is -1.08. The third kappa shape index (κ3) is 9.61. The first-order valence-corrected chi connectivity index (χ1v) is 9.68. The van der Waals surface area contributed by atoms with Gasteiger partial charge >= 0.3 is 0 Å². The minimum absolute atomic E-state index is 1.09. The zero-order valence-corrected chi connectivity index (χ0v) is 15.6. The van der Waals surface area contributed by atoms with Crippen LogP contribution in [-0.2, 0) is 6.42 Å². The van der Waals surface area contributed by atoms with Gasteiger partial charge in [-0.25, -0.2) is 0 Å². The van der Waals surface area contributed by atoms with Gasteiger partial charge in [-0.05, 0) is 24.5 Å². The zero-order valence-electron chi connectivity index (χ0n) is 15.6. The lowest BCUT2D eigenvalue weighted by Crippen LogP contribution is -2.46. The molecule has 0 N–H and O–H groups in total. The molecular formula is C22H38N+. The number of benzene rings is 1. The Bertz CT molecular complexity index is 398. The van der Waals surface area contributed by atoms with Crippen molar-refractivity contribution in [1.82, 2.24) is 0 Å². The fraction of sp³-hybridized carbons (Fsp3) is 0.636. The summed E-state index contributed by atoms with van der Waals surface area (Å²) < 4.78 is 1.13. The van der Waals surface area contributed by atoms with Gasteiger partial charge in [-0.15, -0.1) is 0 Å². The first-order chi connectivity index (χ1) is 11.2. The molecule has 0 aliphatic carbocycles. The molecule has 0 aromatic heterocycles. The fourth-order valence-electron chi connectivity index (χ4n) is 3.28. The molecule has 23 heavy (non-hydrogen) atoms. The minimum atomic E-state index is 1.09. The van der Waals surface area contributed by atoms with E-state index in [-0.39, 0.29) is 0 Å². The summed E-state index contributed by atoms with van der Waals surface area (Å²) in [5.74, 6) is 0. The second-order valence-electron chi connectivity index (χ2n) is 7.25. The van der Waals surface area contributed by atoms with Crippen LogP contribution in [0, 0.1) is 0 Å². The standard InChI is InChI=1S/C22H38N/c1-4-6-7-8-9-10-11-15-20-23(3,19-5-2)21-18-22-16-13-12-14-17-22/h5,12-14,16-17H,2,4,6-11,15,18-21H2,1,3H3/q+1. The molecule has 1 aromatic rings. The molecule has 0 bridgehead atoms. The van der Waals surface area contributed by atoms with E-state index in [1.54, 1.807) is 0 Å². The van der Waals surface area contributed by atoms with Gasteiger partial charge in [0, 0.05) is 6.42 Å². The summed E-state index contributed by atoms with van der Waals surface area (Å²) in [6.45, 7) is 9.84. The minimum Gasteiger partial charge on any atom is -0.323 e. The van der Waals surface area contributed by atoms with E-state index in [1.807, 2.05) is 0 Å². The van der Waals surface area contributed by atoms with Crippen molar-refractivity contribution in [3.05, 3.63) is 48.6 Å². The van der Waals surface area contributed by atoms with Gasteiger partial charge in [0.15, 0.2) is 0 Å². The van der Waals surface area contributed by atoms with Crippen molar-refractivity contribution in [2.24, 2.45) is 0 Å². The van der Waals surface area contributed by atoms with Gasteiger partial charge < -0.3 is 4.48 Å².